The number of rotatable bonds is 10. The summed E-state index contributed by atoms with van der Waals surface area (Å²) in [5.74, 6) is 0.0746. The molecular formula is C26H31ClN4O3. The Morgan fingerprint density at radius 1 is 1.15 bits per heavy atom. The zero-order chi connectivity index (χ0) is 24.0. The van der Waals surface area contributed by atoms with Gasteiger partial charge in [0.1, 0.15) is 5.75 Å². The summed E-state index contributed by atoms with van der Waals surface area (Å²) in [4.78, 5) is 27.5. The number of aromatic nitrogens is 3. The first-order valence-corrected chi connectivity index (χ1v) is 12.2. The first-order chi connectivity index (χ1) is 16.5. The number of nitrogens with zero attached hydrogens (tertiary/aromatic N) is 4. The smallest absolute Gasteiger partial charge is 0.309 e. The van der Waals surface area contributed by atoms with Crippen LogP contribution in [0.25, 0.3) is 10.9 Å². The zero-order valence-corrected chi connectivity index (χ0v) is 20.3. The second-order valence-electron chi connectivity index (χ2n) is 9.05. The van der Waals surface area contributed by atoms with Gasteiger partial charge in [0.2, 0.25) is 0 Å². The molecule has 7 nitrogen and oxygen atoms in total. The van der Waals surface area contributed by atoms with Crippen LogP contribution in [-0.4, -0.2) is 57.7 Å². The summed E-state index contributed by atoms with van der Waals surface area (Å²) in [5.41, 5.74) is 2.20. The average Bonchev–Trinajstić information content (AvgIpc) is 2.86. The number of hydrogen-bond acceptors (Lipinski definition) is 6. The number of methoxy groups -OCH3 is 1. The number of ether oxygens (including phenoxy) is 1. The molecule has 2 aromatic heterocycles. The third-order valence-corrected chi connectivity index (χ3v) is 7.33. The molecule has 180 valence electrons. The molecule has 1 saturated heterocycles. The topological polar surface area (TPSA) is 88.4 Å². The van der Waals surface area contributed by atoms with Gasteiger partial charge in [-0.25, -0.2) is 0 Å². The fourth-order valence-corrected chi connectivity index (χ4v) is 5.15. The van der Waals surface area contributed by atoms with Crippen molar-refractivity contribution in [2.75, 3.05) is 26.7 Å². The monoisotopic (exact) mass is 482 g/mol. The number of aliphatic carboxylic acids is 1. The number of aryl methyl sites for hydroxylation is 2. The summed E-state index contributed by atoms with van der Waals surface area (Å²) >= 11 is 6.49. The summed E-state index contributed by atoms with van der Waals surface area (Å²) in [7, 11) is 1.64. The van der Waals surface area contributed by atoms with E-state index in [9.17, 15) is 9.90 Å². The van der Waals surface area contributed by atoms with E-state index in [-0.39, 0.29) is 0 Å². The van der Waals surface area contributed by atoms with Gasteiger partial charge in [0.05, 0.1) is 28.8 Å². The maximum absolute atomic E-state index is 12.3. The minimum Gasteiger partial charge on any atom is -0.497 e. The normalized spacial score (nSPS) is 15.9. The highest BCUT2D eigenvalue weighted by Crippen LogP contribution is 2.38. The van der Waals surface area contributed by atoms with Crippen LogP contribution in [0.15, 0.2) is 43.0 Å². The number of carboxylic acids is 1. The summed E-state index contributed by atoms with van der Waals surface area (Å²) in [6.07, 6.45) is 12.2. The quantitative estimate of drug-likeness (QED) is 0.443. The third kappa shape index (κ3) is 5.65. The Morgan fingerprint density at radius 3 is 2.68 bits per heavy atom. The summed E-state index contributed by atoms with van der Waals surface area (Å²) in [5, 5.41) is 11.7. The van der Waals surface area contributed by atoms with Crippen molar-refractivity contribution in [3.05, 3.63) is 59.3 Å². The van der Waals surface area contributed by atoms with E-state index in [0.29, 0.717) is 30.7 Å². The van der Waals surface area contributed by atoms with Crippen LogP contribution in [0.5, 0.6) is 5.75 Å². The lowest BCUT2D eigenvalue weighted by molar-refractivity contribution is -0.152. The van der Waals surface area contributed by atoms with Crippen LogP contribution in [-0.2, 0) is 17.6 Å². The number of pyridine rings is 1. The summed E-state index contributed by atoms with van der Waals surface area (Å²) < 4.78 is 5.37. The van der Waals surface area contributed by atoms with Crippen LogP contribution in [0.3, 0.4) is 0 Å². The largest absolute Gasteiger partial charge is 0.497 e. The molecule has 1 aliphatic rings. The molecule has 0 unspecified atom stereocenters. The van der Waals surface area contributed by atoms with E-state index >= 15 is 0 Å². The minimum atomic E-state index is -0.681. The van der Waals surface area contributed by atoms with Crippen LogP contribution < -0.4 is 4.74 Å². The highest BCUT2D eigenvalue weighted by molar-refractivity contribution is 6.32. The van der Waals surface area contributed by atoms with Crippen LogP contribution >= 0.6 is 11.6 Å². The molecule has 0 amide bonds. The first-order valence-electron chi connectivity index (χ1n) is 11.8. The molecule has 1 aromatic carbocycles. The van der Waals surface area contributed by atoms with Gasteiger partial charge < -0.3 is 14.7 Å². The Bertz CT molecular complexity index is 1120. The van der Waals surface area contributed by atoms with E-state index in [4.69, 9.17) is 16.3 Å². The van der Waals surface area contributed by atoms with Crippen molar-refractivity contribution < 1.29 is 14.6 Å². The highest BCUT2D eigenvalue weighted by atomic mass is 35.5. The minimum absolute atomic E-state index is 0.614. The number of likely N-dealkylation sites (tertiary alicyclic amines) is 1. The van der Waals surface area contributed by atoms with Gasteiger partial charge in [0.15, 0.2) is 0 Å². The lowest BCUT2D eigenvalue weighted by atomic mass is 9.74. The standard InChI is InChI=1S/C26H31ClN4O3/c1-34-20-6-7-24-22(16-20)21(23(27)18-30-24)5-2-8-26(25(32)33)9-14-31(15-10-26)13-3-4-19-17-28-11-12-29-19/h6-7,11-12,16-18H,2-5,8-10,13-15H2,1H3,(H,32,33). The van der Waals surface area contributed by atoms with E-state index < -0.39 is 11.4 Å². The second-order valence-corrected chi connectivity index (χ2v) is 9.46. The molecule has 1 N–H and O–H groups in total. The molecule has 0 bridgehead atoms. The molecule has 1 fully saturated rings. The van der Waals surface area contributed by atoms with Gasteiger partial charge in [-0.3, -0.25) is 19.7 Å². The Morgan fingerprint density at radius 2 is 1.97 bits per heavy atom. The zero-order valence-electron chi connectivity index (χ0n) is 19.5. The molecule has 3 heterocycles. The maximum atomic E-state index is 12.3. The van der Waals surface area contributed by atoms with E-state index in [1.807, 2.05) is 18.2 Å². The van der Waals surface area contributed by atoms with Crippen LogP contribution in [0.4, 0.5) is 0 Å². The van der Waals surface area contributed by atoms with Crippen molar-refractivity contribution in [3.63, 3.8) is 0 Å². The average molecular weight is 483 g/mol. The van der Waals surface area contributed by atoms with E-state index in [0.717, 1.165) is 66.8 Å². The molecule has 0 saturated carbocycles. The molecule has 0 radical (unpaired) electrons. The number of piperidine rings is 1. The SMILES string of the molecule is COc1ccc2ncc(Cl)c(CCCC3(C(=O)O)CCN(CCCc4cnccn4)CC3)c2c1. The van der Waals surface area contributed by atoms with Crippen LogP contribution in [0, 0.1) is 5.41 Å². The molecule has 1 aliphatic heterocycles. The summed E-state index contributed by atoms with van der Waals surface area (Å²) in [6, 6.07) is 5.76. The number of carboxylic acid groups (broad SMARTS) is 1. The van der Waals surface area contributed by atoms with Gasteiger partial charge in [-0.15, -0.1) is 0 Å². The Balaban J connectivity index is 1.34. The Labute approximate surface area is 205 Å². The number of carbonyl (C=O) groups is 1. The van der Waals surface area contributed by atoms with Crippen molar-refractivity contribution in [2.24, 2.45) is 5.41 Å². The molecule has 34 heavy (non-hydrogen) atoms. The van der Waals surface area contributed by atoms with Gasteiger partial charge in [-0.05, 0) is 88.3 Å². The first kappa shape index (κ1) is 24.4. The van der Waals surface area contributed by atoms with Crippen molar-refractivity contribution >= 4 is 28.5 Å². The van der Waals surface area contributed by atoms with E-state index in [1.165, 1.54) is 0 Å². The molecule has 0 aliphatic carbocycles. The Kier molecular flexibility index (Phi) is 7.95. The van der Waals surface area contributed by atoms with Crippen molar-refractivity contribution in [3.8, 4) is 5.75 Å². The number of hydrogen-bond donors (Lipinski definition) is 1. The van der Waals surface area contributed by atoms with Crippen molar-refractivity contribution in [1.82, 2.24) is 19.9 Å². The molecule has 4 rings (SSSR count). The maximum Gasteiger partial charge on any atom is 0.309 e. The molecular weight excluding hydrogens is 452 g/mol. The van der Waals surface area contributed by atoms with Gasteiger partial charge in [-0.2, -0.15) is 0 Å². The fraction of sp³-hybridized carbons (Fsp3) is 0.462. The van der Waals surface area contributed by atoms with Gasteiger partial charge >= 0.3 is 5.97 Å². The third-order valence-electron chi connectivity index (χ3n) is 7.01. The molecule has 0 atom stereocenters. The number of benzene rings is 1. The van der Waals surface area contributed by atoms with Gasteiger partial charge in [0.25, 0.3) is 0 Å². The number of fused-ring (bicyclic) bond motifs is 1. The van der Waals surface area contributed by atoms with Crippen molar-refractivity contribution in [1.29, 1.82) is 0 Å². The lowest BCUT2D eigenvalue weighted by Gasteiger charge is -2.39. The van der Waals surface area contributed by atoms with E-state index in [2.05, 4.69) is 19.9 Å². The number of halogens is 1. The lowest BCUT2D eigenvalue weighted by Crippen LogP contribution is -2.44. The van der Waals surface area contributed by atoms with Crippen LogP contribution in [0.2, 0.25) is 5.02 Å². The predicted octanol–water partition coefficient (Wildman–Crippen LogP) is 4.81. The van der Waals surface area contributed by atoms with E-state index in [1.54, 1.807) is 31.9 Å². The second kappa shape index (κ2) is 11.1. The van der Waals surface area contributed by atoms with Gasteiger partial charge in [-0.1, -0.05) is 11.6 Å². The van der Waals surface area contributed by atoms with Crippen molar-refractivity contribution in [2.45, 2.75) is 44.9 Å². The van der Waals surface area contributed by atoms with Crippen LogP contribution in [0.1, 0.15) is 43.4 Å². The molecule has 8 heteroatoms. The molecule has 0 spiro atoms. The summed E-state index contributed by atoms with van der Waals surface area (Å²) in [6.45, 7) is 2.57. The Hall–Kier alpha value is -2.77. The predicted molar refractivity (Wildman–Crippen MR) is 132 cm³/mol. The van der Waals surface area contributed by atoms with Gasteiger partial charge in [0, 0.05) is 30.2 Å². The highest BCUT2D eigenvalue weighted by Gasteiger charge is 2.40. The molecule has 3 aromatic rings. The fourth-order valence-electron chi connectivity index (χ4n) is 4.91.